The van der Waals surface area contributed by atoms with Crippen molar-refractivity contribution in [1.29, 1.82) is 5.26 Å². The Hall–Kier alpha value is -0.510. The monoisotopic (exact) mass is 181 g/mol. The van der Waals surface area contributed by atoms with E-state index in [-0.39, 0.29) is 5.92 Å². The molecule has 0 fully saturated rings. The fourth-order valence-corrected chi connectivity index (χ4v) is 2.05. The van der Waals surface area contributed by atoms with E-state index in [0.29, 0.717) is 5.92 Å². The van der Waals surface area contributed by atoms with E-state index in [1.807, 2.05) is 6.92 Å². The van der Waals surface area contributed by atoms with E-state index >= 15 is 0 Å². The summed E-state index contributed by atoms with van der Waals surface area (Å²) in [5.74, 6) is 1.76. The molecule has 0 N–H and O–H groups in total. The first-order valence-electron chi connectivity index (χ1n) is 5.49. The molecule has 0 unspecified atom stereocenters. The minimum Gasteiger partial charge on any atom is -0.198 e. The third-order valence-electron chi connectivity index (χ3n) is 2.56. The summed E-state index contributed by atoms with van der Waals surface area (Å²) in [5, 5.41) is 8.67. The molecule has 0 amide bonds. The van der Waals surface area contributed by atoms with Crippen LogP contribution in [0.25, 0.3) is 0 Å². The van der Waals surface area contributed by atoms with Crippen LogP contribution in [0.15, 0.2) is 0 Å². The maximum Gasteiger partial charge on any atom is 0.0652 e. The van der Waals surface area contributed by atoms with Crippen LogP contribution in [-0.2, 0) is 0 Å². The van der Waals surface area contributed by atoms with Crippen molar-refractivity contribution in [3.05, 3.63) is 0 Å². The minimum atomic E-state index is 0.226. The lowest BCUT2D eigenvalue weighted by Gasteiger charge is -2.17. The molecule has 0 radical (unpaired) electrons. The van der Waals surface area contributed by atoms with E-state index in [0.717, 1.165) is 12.3 Å². The zero-order valence-electron chi connectivity index (χ0n) is 9.51. The van der Waals surface area contributed by atoms with Crippen LogP contribution in [0.5, 0.6) is 0 Å². The molecule has 0 aliphatic carbocycles. The van der Waals surface area contributed by atoms with Gasteiger partial charge in [-0.1, -0.05) is 33.6 Å². The second-order valence-electron chi connectivity index (χ2n) is 4.50. The Morgan fingerprint density at radius 1 is 1.08 bits per heavy atom. The quantitative estimate of drug-likeness (QED) is 0.607. The third-order valence-corrected chi connectivity index (χ3v) is 2.56. The molecule has 0 bridgehead atoms. The summed E-state index contributed by atoms with van der Waals surface area (Å²) in [6, 6.07) is 2.30. The zero-order valence-corrected chi connectivity index (χ0v) is 9.51. The average molecular weight is 181 g/mol. The van der Waals surface area contributed by atoms with E-state index in [2.05, 4.69) is 26.8 Å². The molecule has 3 atom stereocenters. The third kappa shape index (κ3) is 6.63. The first kappa shape index (κ1) is 12.5. The van der Waals surface area contributed by atoms with Gasteiger partial charge in [0.25, 0.3) is 0 Å². The van der Waals surface area contributed by atoms with Crippen molar-refractivity contribution in [3.63, 3.8) is 0 Å². The molecule has 0 aromatic carbocycles. The molecule has 76 valence electrons. The molecule has 0 spiro atoms. The first-order chi connectivity index (χ1) is 6.10. The normalized spacial score (nSPS) is 17.5. The molecular formula is C12H23N. The number of hydrogen-bond donors (Lipinski definition) is 0. The van der Waals surface area contributed by atoms with Crippen molar-refractivity contribution < 1.29 is 0 Å². The SMILES string of the molecule is CCC[C@H](C)C[C@H](C)C[C@@H](C)C#N. The van der Waals surface area contributed by atoms with Crippen molar-refractivity contribution in [1.82, 2.24) is 0 Å². The summed E-state index contributed by atoms with van der Waals surface area (Å²) in [4.78, 5) is 0. The average Bonchev–Trinajstić information content (AvgIpc) is 2.04. The Bertz CT molecular complexity index is 157. The lowest BCUT2D eigenvalue weighted by atomic mass is 9.88. The van der Waals surface area contributed by atoms with E-state index in [1.165, 1.54) is 19.3 Å². The Labute approximate surface area is 83.1 Å². The Morgan fingerprint density at radius 2 is 1.69 bits per heavy atom. The molecule has 0 saturated heterocycles. The van der Waals surface area contributed by atoms with E-state index in [1.54, 1.807) is 0 Å². The number of hydrogen-bond acceptors (Lipinski definition) is 1. The van der Waals surface area contributed by atoms with Crippen molar-refractivity contribution in [2.75, 3.05) is 0 Å². The second-order valence-corrected chi connectivity index (χ2v) is 4.50. The maximum atomic E-state index is 8.67. The van der Waals surface area contributed by atoms with Crippen molar-refractivity contribution in [2.45, 2.75) is 53.4 Å². The molecule has 1 heteroatoms. The lowest BCUT2D eigenvalue weighted by Crippen LogP contribution is -2.06. The molecule has 0 aromatic heterocycles. The summed E-state index contributed by atoms with van der Waals surface area (Å²) in [6.07, 6.45) is 4.94. The molecule has 0 aliphatic rings. The van der Waals surface area contributed by atoms with Gasteiger partial charge in [-0.2, -0.15) is 5.26 Å². The Balaban J connectivity index is 3.61. The Morgan fingerprint density at radius 3 is 2.15 bits per heavy atom. The molecule has 0 heterocycles. The van der Waals surface area contributed by atoms with Crippen LogP contribution in [0, 0.1) is 29.1 Å². The van der Waals surface area contributed by atoms with E-state index in [4.69, 9.17) is 5.26 Å². The molecule has 13 heavy (non-hydrogen) atoms. The highest BCUT2D eigenvalue weighted by atomic mass is 14.3. The molecule has 0 rings (SSSR count). The molecule has 0 saturated carbocycles. The number of nitrogens with zero attached hydrogens (tertiary/aromatic N) is 1. The number of rotatable bonds is 6. The van der Waals surface area contributed by atoms with Gasteiger partial charge in [0.15, 0.2) is 0 Å². The second kappa shape index (κ2) is 6.95. The van der Waals surface area contributed by atoms with Gasteiger partial charge >= 0.3 is 0 Å². The van der Waals surface area contributed by atoms with Crippen LogP contribution in [0.2, 0.25) is 0 Å². The molecule has 0 aliphatic heterocycles. The standard InChI is InChI=1S/C12H23N/c1-5-6-10(2)7-11(3)8-12(4)9-13/h10-12H,5-8H2,1-4H3/t10-,11-,12+/m0/s1. The van der Waals surface area contributed by atoms with E-state index < -0.39 is 0 Å². The van der Waals surface area contributed by atoms with Crippen LogP contribution in [0.4, 0.5) is 0 Å². The first-order valence-corrected chi connectivity index (χ1v) is 5.49. The molecule has 1 nitrogen and oxygen atoms in total. The minimum absolute atomic E-state index is 0.226. The fraction of sp³-hybridized carbons (Fsp3) is 0.917. The summed E-state index contributed by atoms with van der Waals surface area (Å²) in [6.45, 7) is 8.83. The van der Waals surface area contributed by atoms with Crippen LogP contribution in [0.1, 0.15) is 53.4 Å². The van der Waals surface area contributed by atoms with Crippen molar-refractivity contribution in [2.24, 2.45) is 17.8 Å². The van der Waals surface area contributed by atoms with Gasteiger partial charge in [0, 0.05) is 5.92 Å². The van der Waals surface area contributed by atoms with Gasteiger partial charge in [0.2, 0.25) is 0 Å². The highest BCUT2D eigenvalue weighted by molar-refractivity contribution is 4.80. The predicted molar refractivity (Wildman–Crippen MR) is 57.2 cm³/mol. The molecular weight excluding hydrogens is 158 g/mol. The van der Waals surface area contributed by atoms with Gasteiger partial charge in [-0.05, 0) is 31.6 Å². The highest BCUT2D eigenvalue weighted by Crippen LogP contribution is 2.21. The fourth-order valence-electron chi connectivity index (χ4n) is 2.05. The summed E-state index contributed by atoms with van der Waals surface area (Å²) in [7, 11) is 0. The highest BCUT2D eigenvalue weighted by Gasteiger charge is 2.11. The van der Waals surface area contributed by atoms with Gasteiger partial charge in [-0.3, -0.25) is 0 Å². The van der Waals surface area contributed by atoms with Crippen LogP contribution < -0.4 is 0 Å². The summed E-state index contributed by atoms with van der Waals surface area (Å²) in [5.41, 5.74) is 0. The smallest absolute Gasteiger partial charge is 0.0652 e. The number of nitriles is 1. The Kier molecular flexibility index (Phi) is 6.68. The zero-order chi connectivity index (χ0) is 10.3. The largest absolute Gasteiger partial charge is 0.198 e. The van der Waals surface area contributed by atoms with Gasteiger partial charge in [-0.15, -0.1) is 0 Å². The predicted octanol–water partition coefficient (Wildman–Crippen LogP) is 4.00. The summed E-state index contributed by atoms with van der Waals surface area (Å²) >= 11 is 0. The molecule has 0 aromatic rings. The van der Waals surface area contributed by atoms with Crippen LogP contribution in [-0.4, -0.2) is 0 Å². The van der Waals surface area contributed by atoms with Crippen LogP contribution in [0.3, 0.4) is 0 Å². The topological polar surface area (TPSA) is 23.8 Å². The van der Waals surface area contributed by atoms with Crippen molar-refractivity contribution in [3.8, 4) is 6.07 Å². The summed E-state index contributed by atoms with van der Waals surface area (Å²) < 4.78 is 0. The lowest BCUT2D eigenvalue weighted by molar-refractivity contribution is 0.355. The van der Waals surface area contributed by atoms with Gasteiger partial charge in [-0.25, -0.2) is 0 Å². The maximum absolute atomic E-state index is 8.67. The van der Waals surface area contributed by atoms with Crippen LogP contribution >= 0.6 is 0 Å². The van der Waals surface area contributed by atoms with Crippen molar-refractivity contribution >= 4 is 0 Å². The van der Waals surface area contributed by atoms with E-state index in [9.17, 15) is 0 Å². The van der Waals surface area contributed by atoms with Gasteiger partial charge < -0.3 is 0 Å². The van der Waals surface area contributed by atoms with Gasteiger partial charge in [0.1, 0.15) is 0 Å². The van der Waals surface area contributed by atoms with Gasteiger partial charge in [0.05, 0.1) is 6.07 Å².